The van der Waals surface area contributed by atoms with E-state index in [9.17, 15) is 9.59 Å². The largest absolute Gasteiger partial charge is 0.450 e. The molecule has 0 saturated carbocycles. The Kier molecular flexibility index (Phi) is 7.71. The molecule has 10 nitrogen and oxygen atoms in total. The predicted octanol–water partition coefficient (Wildman–Crippen LogP) is 4.54. The minimum absolute atomic E-state index is 0.0577. The van der Waals surface area contributed by atoms with Crippen molar-refractivity contribution in [2.24, 2.45) is 0 Å². The summed E-state index contributed by atoms with van der Waals surface area (Å²) in [6.07, 6.45) is 8.27. The van der Waals surface area contributed by atoms with Gasteiger partial charge in [-0.2, -0.15) is 0 Å². The van der Waals surface area contributed by atoms with E-state index in [0.717, 1.165) is 50.0 Å². The number of nitrogens with one attached hydrogen (secondary N) is 2. The standard InChI is InChI=1S/C33H33FN6O4/c34-26-19-24-29-32(28(26)36-9-3-12-38-15-17-43-18-16-38)44-31-23-6-2-1-5-22(23)7-8-27(31)40(29)20-25(30(24)41)33(42)37-10-4-13-39-14-11-35-21-39/h1-2,5-8,11,14,19-21,36H,3-4,9-10,12-13,15-18H2,(H,37,42). The van der Waals surface area contributed by atoms with Gasteiger partial charge in [0.1, 0.15) is 16.8 Å². The van der Waals surface area contributed by atoms with Crippen LogP contribution in [0.2, 0.25) is 0 Å². The predicted molar refractivity (Wildman–Crippen MR) is 167 cm³/mol. The lowest BCUT2D eigenvalue weighted by molar-refractivity contribution is 0.0378. The molecule has 0 aliphatic carbocycles. The second kappa shape index (κ2) is 12.1. The van der Waals surface area contributed by atoms with E-state index in [1.165, 1.54) is 6.07 Å². The molecule has 2 aromatic heterocycles. The number of anilines is 1. The van der Waals surface area contributed by atoms with Crippen LogP contribution < -0.4 is 20.8 Å². The number of aromatic nitrogens is 3. The van der Waals surface area contributed by atoms with E-state index in [0.29, 0.717) is 43.0 Å². The zero-order valence-corrected chi connectivity index (χ0v) is 24.2. The number of amides is 1. The van der Waals surface area contributed by atoms with Crippen molar-refractivity contribution in [3.8, 4) is 17.2 Å². The number of ether oxygens (including phenoxy) is 2. The number of imidazole rings is 1. The minimum Gasteiger partial charge on any atom is -0.450 e. The number of carbonyl (C=O) groups is 1. The van der Waals surface area contributed by atoms with Crippen LogP contribution in [0.3, 0.4) is 0 Å². The first-order valence-corrected chi connectivity index (χ1v) is 15.0. The number of pyridine rings is 1. The zero-order chi connectivity index (χ0) is 30.0. The molecule has 2 N–H and O–H groups in total. The Labute approximate surface area is 253 Å². The SMILES string of the molecule is O=C(NCCCn1ccnc1)c1cn2c3c(c(NCCCN4CCOCC4)c(F)cc3c1=O)Oc1c-2ccc2ccccc12. The molecule has 0 atom stereocenters. The smallest absolute Gasteiger partial charge is 0.256 e. The molecule has 2 aliphatic rings. The van der Waals surface area contributed by atoms with Crippen molar-refractivity contribution in [1.29, 1.82) is 0 Å². The number of fused-ring (bicyclic) bond motifs is 4. The van der Waals surface area contributed by atoms with Gasteiger partial charge < -0.3 is 29.2 Å². The monoisotopic (exact) mass is 596 g/mol. The number of morpholine rings is 1. The van der Waals surface area contributed by atoms with Gasteiger partial charge in [0.2, 0.25) is 5.43 Å². The molecule has 0 radical (unpaired) electrons. The van der Waals surface area contributed by atoms with Crippen molar-refractivity contribution < 1.29 is 18.7 Å². The molecular weight excluding hydrogens is 563 g/mol. The molecule has 226 valence electrons. The van der Waals surface area contributed by atoms with Crippen molar-refractivity contribution in [2.75, 3.05) is 51.3 Å². The van der Waals surface area contributed by atoms with Gasteiger partial charge in [-0.1, -0.05) is 30.3 Å². The molecule has 3 aromatic carbocycles. The number of nitrogens with zero attached hydrogens (tertiary/aromatic N) is 4. The van der Waals surface area contributed by atoms with Crippen LogP contribution in [-0.4, -0.2) is 70.9 Å². The zero-order valence-electron chi connectivity index (χ0n) is 24.2. The highest BCUT2D eigenvalue weighted by Gasteiger charge is 2.29. The molecule has 0 unspecified atom stereocenters. The first kappa shape index (κ1) is 28.1. The molecule has 1 amide bonds. The van der Waals surface area contributed by atoms with Crippen molar-refractivity contribution >= 4 is 33.3 Å². The van der Waals surface area contributed by atoms with Crippen molar-refractivity contribution in [1.82, 2.24) is 24.3 Å². The fraction of sp³-hybridized carbons (Fsp3) is 0.303. The summed E-state index contributed by atoms with van der Waals surface area (Å²) in [5.74, 6) is -0.342. The maximum Gasteiger partial charge on any atom is 0.256 e. The van der Waals surface area contributed by atoms with E-state index in [1.54, 1.807) is 23.3 Å². The van der Waals surface area contributed by atoms with Crippen LogP contribution in [0.4, 0.5) is 10.1 Å². The summed E-state index contributed by atoms with van der Waals surface area (Å²) < 4.78 is 31.5. The molecule has 0 spiro atoms. The van der Waals surface area contributed by atoms with E-state index in [1.807, 2.05) is 47.2 Å². The lowest BCUT2D eigenvalue weighted by Crippen LogP contribution is -2.37. The number of aryl methyl sites for hydroxylation is 1. The summed E-state index contributed by atoms with van der Waals surface area (Å²) in [4.78, 5) is 33.4. The molecule has 0 bridgehead atoms. The Hall–Kier alpha value is -4.74. The summed E-state index contributed by atoms with van der Waals surface area (Å²) in [5, 5.41) is 7.99. The Morgan fingerprint density at radius 2 is 1.84 bits per heavy atom. The minimum atomic E-state index is -0.607. The van der Waals surface area contributed by atoms with Crippen LogP contribution in [0.1, 0.15) is 23.2 Å². The highest BCUT2D eigenvalue weighted by atomic mass is 19.1. The number of hydrogen-bond donors (Lipinski definition) is 2. The van der Waals surface area contributed by atoms with Gasteiger partial charge in [0.15, 0.2) is 17.3 Å². The van der Waals surface area contributed by atoms with Crippen molar-refractivity contribution in [2.45, 2.75) is 19.4 Å². The lowest BCUT2D eigenvalue weighted by atomic mass is 10.0. The maximum absolute atomic E-state index is 15.9. The van der Waals surface area contributed by atoms with Gasteiger partial charge >= 0.3 is 0 Å². The fourth-order valence-electron chi connectivity index (χ4n) is 5.99. The highest BCUT2D eigenvalue weighted by molar-refractivity contribution is 6.03. The van der Waals surface area contributed by atoms with E-state index >= 15 is 4.39 Å². The normalized spacial score (nSPS) is 14.4. The summed E-state index contributed by atoms with van der Waals surface area (Å²) in [7, 11) is 0. The topological polar surface area (TPSA) is 103 Å². The molecule has 1 fully saturated rings. The Bertz CT molecular complexity index is 1900. The number of halogens is 1. The van der Waals surface area contributed by atoms with Gasteiger partial charge in [0.05, 0.1) is 30.6 Å². The van der Waals surface area contributed by atoms with Crippen LogP contribution >= 0.6 is 0 Å². The van der Waals surface area contributed by atoms with Gasteiger partial charge in [-0.05, 0) is 36.9 Å². The number of hydrogen-bond acceptors (Lipinski definition) is 7. The molecule has 11 heteroatoms. The van der Waals surface area contributed by atoms with Crippen molar-refractivity contribution in [3.05, 3.63) is 89.0 Å². The Morgan fingerprint density at radius 3 is 2.68 bits per heavy atom. The van der Waals surface area contributed by atoms with Crippen LogP contribution in [0.25, 0.3) is 27.4 Å². The first-order chi connectivity index (χ1) is 21.6. The fourth-order valence-corrected chi connectivity index (χ4v) is 5.99. The molecule has 44 heavy (non-hydrogen) atoms. The maximum atomic E-state index is 15.9. The van der Waals surface area contributed by atoms with Crippen LogP contribution in [0.5, 0.6) is 11.5 Å². The van der Waals surface area contributed by atoms with E-state index in [-0.39, 0.29) is 22.4 Å². The summed E-state index contributed by atoms with van der Waals surface area (Å²) in [5.41, 5.74) is 0.683. The van der Waals surface area contributed by atoms with E-state index in [2.05, 4.69) is 20.5 Å². The third kappa shape index (κ3) is 5.29. The summed E-state index contributed by atoms with van der Waals surface area (Å²) in [6, 6.07) is 12.9. The summed E-state index contributed by atoms with van der Waals surface area (Å²) in [6.45, 7) is 5.64. The molecule has 2 aliphatic heterocycles. The lowest BCUT2D eigenvalue weighted by Gasteiger charge is -2.28. The van der Waals surface area contributed by atoms with Crippen LogP contribution in [0, 0.1) is 5.82 Å². The first-order valence-electron chi connectivity index (χ1n) is 15.0. The average molecular weight is 597 g/mol. The van der Waals surface area contributed by atoms with Crippen LogP contribution in [-0.2, 0) is 11.3 Å². The Morgan fingerprint density at radius 1 is 1.00 bits per heavy atom. The molecular formula is C33H33FN6O4. The van der Waals surface area contributed by atoms with Gasteiger partial charge in [-0.3, -0.25) is 14.5 Å². The van der Waals surface area contributed by atoms with Gasteiger partial charge in [0, 0.05) is 56.7 Å². The molecule has 7 rings (SSSR count). The number of rotatable bonds is 10. The quantitative estimate of drug-likeness (QED) is 0.224. The van der Waals surface area contributed by atoms with E-state index in [4.69, 9.17) is 9.47 Å². The van der Waals surface area contributed by atoms with Gasteiger partial charge in [-0.25, -0.2) is 9.37 Å². The highest BCUT2D eigenvalue weighted by Crippen LogP contribution is 2.47. The van der Waals surface area contributed by atoms with Crippen LogP contribution in [0.15, 0.2) is 72.2 Å². The second-order valence-corrected chi connectivity index (χ2v) is 11.1. The van der Waals surface area contributed by atoms with Crippen molar-refractivity contribution in [3.63, 3.8) is 0 Å². The molecule has 4 heterocycles. The van der Waals surface area contributed by atoms with Gasteiger partial charge in [-0.15, -0.1) is 0 Å². The molecule has 5 aromatic rings. The van der Waals surface area contributed by atoms with Gasteiger partial charge in [0.25, 0.3) is 5.91 Å². The molecule has 1 saturated heterocycles. The number of carbonyl (C=O) groups excluding carboxylic acids is 1. The number of benzene rings is 3. The third-order valence-electron chi connectivity index (χ3n) is 8.26. The average Bonchev–Trinajstić information content (AvgIpc) is 3.57. The second-order valence-electron chi connectivity index (χ2n) is 11.1. The third-order valence-corrected chi connectivity index (χ3v) is 8.26. The van der Waals surface area contributed by atoms with E-state index < -0.39 is 17.2 Å². The summed E-state index contributed by atoms with van der Waals surface area (Å²) >= 11 is 0. The Balaban J connectivity index is 1.25.